The summed E-state index contributed by atoms with van der Waals surface area (Å²) in [6.45, 7) is 0.385. The minimum atomic E-state index is -0.813. The van der Waals surface area contributed by atoms with Crippen LogP contribution in [0, 0.1) is 35.4 Å². The maximum absolute atomic E-state index is 14.6. The lowest BCUT2D eigenvalue weighted by Crippen LogP contribution is -2.43. The molecule has 2 aliphatic carbocycles. The van der Waals surface area contributed by atoms with Crippen LogP contribution in [0.25, 0.3) is 0 Å². The number of halogens is 1. The van der Waals surface area contributed by atoms with Crippen molar-refractivity contribution in [2.24, 2.45) is 29.6 Å². The van der Waals surface area contributed by atoms with E-state index in [1.807, 2.05) is 41.1 Å². The number of carbonyl (C=O) groups excluding carboxylic acids is 4. The van der Waals surface area contributed by atoms with E-state index in [1.165, 1.54) is 44.6 Å². The summed E-state index contributed by atoms with van der Waals surface area (Å²) in [5, 5.41) is 13.7. The fourth-order valence-electron chi connectivity index (χ4n) is 7.24. The van der Waals surface area contributed by atoms with E-state index in [9.17, 15) is 28.7 Å². The maximum atomic E-state index is 14.6. The third-order valence-electron chi connectivity index (χ3n) is 8.95. The molecule has 3 fully saturated rings. The van der Waals surface area contributed by atoms with Crippen molar-refractivity contribution >= 4 is 46.3 Å². The molecule has 0 spiro atoms. The average molecular weight is 577 g/mol. The molecule has 0 radical (unpaired) electrons. The number of fused-ring (bicyclic) bond motifs is 4. The highest BCUT2D eigenvalue weighted by Gasteiger charge is 2.61. The summed E-state index contributed by atoms with van der Waals surface area (Å²) in [5.74, 6) is -6.03. The van der Waals surface area contributed by atoms with Gasteiger partial charge in [0.15, 0.2) is 11.6 Å². The van der Waals surface area contributed by atoms with Gasteiger partial charge in [0, 0.05) is 15.7 Å². The van der Waals surface area contributed by atoms with Gasteiger partial charge in [0.2, 0.25) is 23.6 Å². The van der Waals surface area contributed by atoms with Gasteiger partial charge in [-0.25, -0.2) is 4.39 Å². The molecule has 40 heavy (non-hydrogen) atoms. The number of likely N-dealkylation sites (tertiary alicyclic amines) is 2. The number of phenols is 1. The molecule has 0 bridgehead atoms. The molecule has 1 saturated carbocycles. The van der Waals surface area contributed by atoms with E-state index in [2.05, 4.69) is 0 Å². The molecule has 4 heterocycles. The summed E-state index contributed by atoms with van der Waals surface area (Å²) in [6.07, 6.45) is 2.57. The molecule has 4 amide bonds. The summed E-state index contributed by atoms with van der Waals surface area (Å²) in [4.78, 5) is 59.3. The van der Waals surface area contributed by atoms with Crippen molar-refractivity contribution in [3.8, 4) is 5.75 Å². The number of rotatable bonds is 5. The maximum Gasteiger partial charge on any atom is 0.234 e. The molecule has 2 aromatic heterocycles. The van der Waals surface area contributed by atoms with Crippen LogP contribution in [-0.2, 0) is 32.3 Å². The second-order valence-electron chi connectivity index (χ2n) is 10.9. The zero-order valence-corrected chi connectivity index (χ0v) is 22.9. The summed E-state index contributed by atoms with van der Waals surface area (Å²) in [5.41, 5.74) is 1.29. The topological polar surface area (TPSA) is 95.0 Å². The van der Waals surface area contributed by atoms with Crippen LogP contribution >= 0.6 is 22.7 Å². The first-order valence-corrected chi connectivity index (χ1v) is 15.0. The smallest absolute Gasteiger partial charge is 0.234 e. The van der Waals surface area contributed by atoms with Gasteiger partial charge in [0.05, 0.1) is 36.8 Å². The first-order chi connectivity index (χ1) is 19.3. The number of allylic oxidation sites excluding steroid dienone is 2. The van der Waals surface area contributed by atoms with Crippen LogP contribution in [0.4, 0.5) is 4.39 Å². The first-order valence-electron chi connectivity index (χ1n) is 13.3. The Labute approximate surface area is 237 Å². The average Bonchev–Trinajstić information content (AvgIpc) is 3.74. The Hall–Kier alpha value is -3.63. The van der Waals surface area contributed by atoms with E-state index in [0.29, 0.717) is 12.0 Å². The lowest BCUT2D eigenvalue weighted by Gasteiger charge is -2.44. The molecule has 1 aromatic carbocycles. The summed E-state index contributed by atoms with van der Waals surface area (Å²) in [6, 6.07) is 11.6. The van der Waals surface area contributed by atoms with Crippen molar-refractivity contribution in [2.45, 2.75) is 31.8 Å². The molecule has 2 aliphatic heterocycles. The highest BCUT2D eigenvalue weighted by atomic mass is 32.1. The van der Waals surface area contributed by atoms with Crippen molar-refractivity contribution in [1.82, 2.24) is 9.80 Å². The van der Waals surface area contributed by atoms with Gasteiger partial charge in [0.1, 0.15) is 0 Å². The van der Waals surface area contributed by atoms with Crippen molar-refractivity contribution in [3.05, 3.63) is 86.0 Å². The third-order valence-corrected chi connectivity index (χ3v) is 10.7. The highest BCUT2D eigenvalue weighted by Crippen LogP contribution is 2.58. The number of nitrogens with zero attached hydrogens (tertiary/aromatic N) is 2. The molecule has 10 heteroatoms. The normalized spacial score (nSPS) is 29.5. The molecular weight excluding hydrogens is 551 g/mol. The Balaban J connectivity index is 1.29. The number of aromatic hydroxyl groups is 1. The minimum Gasteiger partial charge on any atom is -0.505 e. The van der Waals surface area contributed by atoms with Crippen LogP contribution in [-0.4, -0.2) is 38.5 Å². The Kier molecular flexibility index (Phi) is 6.01. The van der Waals surface area contributed by atoms with Gasteiger partial charge in [-0.2, -0.15) is 0 Å². The highest BCUT2D eigenvalue weighted by molar-refractivity contribution is 7.10. The Bertz CT molecular complexity index is 1570. The van der Waals surface area contributed by atoms with Gasteiger partial charge in [0.25, 0.3) is 0 Å². The first kappa shape index (κ1) is 25.3. The van der Waals surface area contributed by atoms with E-state index in [1.54, 1.807) is 6.07 Å². The summed E-state index contributed by atoms with van der Waals surface area (Å²) in [7, 11) is 0. The van der Waals surface area contributed by atoms with Crippen molar-refractivity contribution in [3.63, 3.8) is 0 Å². The zero-order chi connectivity index (χ0) is 27.7. The molecule has 204 valence electrons. The van der Waals surface area contributed by atoms with Crippen LogP contribution in [0.2, 0.25) is 0 Å². The lowest BCUT2D eigenvalue weighted by atomic mass is 9.57. The molecule has 6 atom stereocenters. The minimum absolute atomic E-state index is 0.167. The van der Waals surface area contributed by atoms with Crippen LogP contribution in [0.5, 0.6) is 5.75 Å². The monoisotopic (exact) mass is 576 g/mol. The van der Waals surface area contributed by atoms with Crippen LogP contribution in [0.3, 0.4) is 0 Å². The number of hydrogen-bond acceptors (Lipinski definition) is 7. The summed E-state index contributed by atoms with van der Waals surface area (Å²) < 4.78 is 14.6. The fraction of sp³-hybridized carbons (Fsp3) is 0.333. The van der Waals surface area contributed by atoms with Crippen molar-refractivity contribution < 1.29 is 28.7 Å². The number of amides is 4. The van der Waals surface area contributed by atoms with Gasteiger partial charge in [-0.3, -0.25) is 29.0 Å². The lowest BCUT2D eigenvalue weighted by molar-refractivity contribution is -0.142. The van der Waals surface area contributed by atoms with Crippen LogP contribution in [0.15, 0.2) is 64.9 Å². The molecule has 2 saturated heterocycles. The quantitative estimate of drug-likeness (QED) is 0.351. The van der Waals surface area contributed by atoms with E-state index in [-0.39, 0.29) is 43.1 Å². The molecule has 3 aromatic rings. The molecule has 7 nitrogen and oxygen atoms in total. The third kappa shape index (κ3) is 3.80. The second kappa shape index (κ2) is 9.49. The van der Waals surface area contributed by atoms with Gasteiger partial charge in [-0.1, -0.05) is 29.8 Å². The second-order valence-corrected chi connectivity index (χ2v) is 13.0. The Morgan fingerprint density at radius 3 is 2.02 bits per heavy atom. The Morgan fingerprint density at radius 2 is 1.43 bits per heavy atom. The van der Waals surface area contributed by atoms with Gasteiger partial charge >= 0.3 is 0 Å². The predicted octanol–water partition coefficient (Wildman–Crippen LogP) is 4.69. The van der Waals surface area contributed by atoms with E-state index >= 15 is 0 Å². The molecular formula is C30H25FN2O5S2. The van der Waals surface area contributed by atoms with Gasteiger partial charge in [-0.15, -0.1) is 22.7 Å². The largest absolute Gasteiger partial charge is 0.505 e. The molecule has 7 rings (SSSR count). The van der Waals surface area contributed by atoms with E-state index in [0.717, 1.165) is 15.3 Å². The van der Waals surface area contributed by atoms with Gasteiger partial charge < -0.3 is 5.11 Å². The number of thiophene rings is 2. The number of phenolic OH excluding ortho intramolecular Hbond substituents is 1. The summed E-state index contributed by atoms with van der Waals surface area (Å²) >= 11 is 2.94. The number of imide groups is 2. The SMILES string of the molecule is O=C1C2CC=C3C(CC4C(=O)N(Cc5cccs5)C(=O)C4C3c3ccc(O)c(F)c3)C2C(=O)N1Cc1cccs1. The van der Waals surface area contributed by atoms with Crippen LogP contribution in [0.1, 0.15) is 34.1 Å². The zero-order valence-electron chi connectivity index (χ0n) is 21.2. The standard InChI is InChI=1S/C30H25FN2O5S2/c31-22-11-15(5-8-23(22)34)24-18-6-7-19-25(29(37)32(27(19)35)13-16-3-1-9-39-16)20(18)12-21-26(24)30(38)33(28(21)36)14-17-4-2-10-40-17/h1-6,8-11,19-21,24-26,34H,7,12-14H2. The molecule has 1 N–H and O–H groups in total. The van der Waals surface area contributed by atoms with E-state index in [4.69, 9.17) is 0 Å². The Morgan fingerprint density at radius 1 is 0.800 bits per heavy atom. The van der Waals surface area contributed by atoms with Crippen LogP contribution < -0.4 is 0 Å². The van der Waals surface area contributed by atoms with E-state index < -0.39 is 47.1 Å². The predicted molar refractivity (Wildman–Crippen MR) is 145 cm³/mol. The van der Waals surface area contributed by atoms with Gasteiger partial charge in [-0.05, 0) is 59.3 Å². The van der Waals surface area contributed by atoms with Crippen molar-refractivity contribution in [1.29, 1.82) is 0 Å². The number of carbonyl (C=O) groups is 4. The molecule has 6 unspecified atom stereocenters. The number of hydrogen-bond donors (Lipinski definition) is 1. The fourth-order valence-corrected chi connectivity index (χ4v) is 8.62. The van der Waals surface area contributed by atoms with Crippen molar-refractivity contribution in [2.75, 3.05) is 0 Å². The number of benzene rings is 1. The molecule has 4 aliphatic rings.